The molecule has 2 aliphatic rings. The molecule has 4 heteroatoms. The van der Waals surface area contributed by atoms with Crippen molar-refractivity contribution in [3.05, 3.63) is 0 Å². The van der Waals surface area contributed by atoms with E-state index in [0.29, 0.717) is 18.4 Å². The summed E-state index contributed by atoms with van der Waals surface area (Å²) in [5, 5.41) is 15.9. The summed E-state index contributed by atoms with van der Waals surface area (Å²) < 4.78 is 0. The predicted molar refractivity (Wildman–Crippen MR) is 71.2 cm³/mol. The molecule has 1 amide bonds. The maximum Gasteiger partial charge on any atom is 0.220 e. The summed E-state index contributed by atoms with van der Waals surface area (Å²) in [6.45, 7) is 1.85. The Morgan fingerprint density at radius 3 is 2.83 bits per heavy atom. The van der Waals surface area contributed by atoms with Crippen LogP contribution >= 0.6 is 0 Å². The topological polar surface area (TPSA) is 61.4 Å². The van der Waals surface area contributed by atoms with E-state index in [4.69, 9.17) is 0 Å². The highest BCUT2D eigenvalue weighted by Crippen LogP contribution is 2.24. The van der Waals surface area contributed by atoms with Crippen molar-refractivity contribution >= 4 is 5.91 Å². The number of carbonyl (C=O) groups excluding carboxylic acids is 1. The molecule has 0 bridgehead atoms. The van der Waals surface area contributed by atoms with Gasteiger partial charge in [0, 0.05) is 19.0 Å². The minimum absolute atomic E-state index is 0.140. The lowest BCUT2D eigenvalue weighted by Crippen LogP contribution is -2.36. The Balaban J connectivity index is 1.54. The third-order valence-corrected chi connectivity index (χ3v) is 4.23. The molecule has 3 N–H and O–H groups in total. The fourth-order valence-corrected chi connectivity index (χ4v) is 3.06. The van der Waals surface area contributed by atoms with Gasteiger partial charge >= 0.3 is 0 Å². The fourth-order valence-electron chi connectivity index (χ4n) is 3.06. The van der Waals surface area contributed by atoms with Crippen molar-refractivity contribution in [1.29, 1.82) is 0 Å². The van der Waals surface area contributed by atoms with Gasteiger partial charge in [-0.15, -0.1) is 0 Å². The Labute approximate surface area is 110 Å². The van der Waals surface area contributed by atoms with E-state index in [0.717, 1.165) is 38.8 Å². The van der Waals surface area contributed by atoms with Crippen LogP contribution in [0.5, 0.6) is 0 Å². The van der Waals surface area contributed by atoms with Crippen LogP contribution in [0.3, 0.4) is 0 Å². The van der Waals surface area contributed by atoms with E-state index in [1.54, 1.807) is 0 Å². The third kappa shape index (κ3) is 4.58. The zero-order chi connectivity index (χ0) is 12.8. The molecule has 0 aromatic carbocycles. The van der Waals surface area contributed by atoms with E-state index < -0.39 is 0 Å². The average molecular weight is 254 g/mol. The Morgan fingerprint density at radius 1 is 1.28 bits per heavy atom. The largest absolute Gasteiger partial charge is 0.393 e. The molecule has 0 radical (unpaired) electrons. The highest BCUT2D eigenvalue weighted by atomic mass is 16.3. The lowest BCUT2D eigenvalue weighted by atomic mass is 10.0. The Bertz CT molecular complexity index is 254. The predicted octanol–water partition coefficient (Wildman–Crippen LogP) is 1.19. The van der Waals surface area contributed by atoms with Crippen molar-refractivity contribution in [1.82, 2.24) is 10.6 Å². The summed E-state index contributed by atoms with van der Waals surface area (Å²) in [6, 6.07) is 0.540. The van der Waals surface area contributed by atoms with Crippen molar-refractivity contribution in [2.45, 2.75) is 63.5 Å². The number of piperidine rings is 1. The molecule has 18 heavy (non-hydrogen) atoms. The SMILES string of the molecule is O=C(CCC1CCCCN1)NCC1CCC(O)C1. The number of hydrogen-bond donors (Lipinski definition) is 3. The van der Waals surface area contributed by atoms with Crippen molar-refractivity contribution < 1.29 is 9.90 Å². The van der Waals surface area contributed by atoms with Crippen LogP contribution in [-0.2, 0) is 4.79 Å². The molecule has 1 aliphatic heterocycles. The Hall–Kier alpha value is -0.610. The van der Waals surface area contributed by atoms with Crippen LogP contribution in [-0.4, -0.2) is 36.2 Å². The lowest BCUT2D eigenvalue weighted by molar-refractivity contribution is -0.121. The first-order valence-corrected chi connectivity index (χ1v) is 7.42. The van der Waals surface area contributed by atoms with Gasteiger partial charge in [0.2, 0.25) is 5.91 Å². The number of aliphatic hydroxyl groups is 1. The molecule has 3 atom stereocenters. The van der Waals surface area contributed by atoms with Crippen LogP contribution in [0.4, 0.5) is 0 Å². The van der Waals surface area contributed by atoms with Crippen molar-refractivity contribution in [3.8, 4) is 0 Å². The normalized spacial score (nSPS) is 32.4. The van der Waals surface area contributed by atoms with E-state index in [2.05, 4.69) is 10.6 Å². The van der Waals surface area contributed by atoms with Gasteiger partial charge in [0.25, 0.3) is 0 Å². The highest BCUT2D eigenvalue weighted by molar-refractivity contribution is 5.75. The zero-order valence-electron chi connectivity index (χ0n) is 11.2. The molecule has 4 nitrogen and oxygen atoms in total. The molecule has 2 fully saturated rings. The first kappa shape index (κ1) is 13.8. The Kier molecular flexibility index (Phi) is 5.45. The number of nitrogens with one attached hydrogen (secondary N) is 2. The van der Waals surface area contributed by atoms with E-state index in [-0.39, 0.29) is 12.0 Å². The number of amides is 1. The smallest absolute Gasteiger partial charge is 0.220 e. The van der Waals surface area contributed by atoms with Crippen LogP contribution < -0.4 is 10.6 Å². The van der Waals surface area contributed by atoms with Crippen molar-refractivity contribution in [3.63, 3.8) is 0 Å². The van der Waals surface area contributed by atoms with Gasteiger partial charge in [0.1, 0.15) is 0 Å². The third-order valence-electron chi connectivity index (χ3n) is 4.23. The maximum absolute atomic E-state index is 11.7. The van der Waals surface area contributed by atoms with Gasteiger partial charge in [-0.2, -0.15) is 0 Å². The molecule has 2 rings (SSSR count). The van der Waals surface area contributed by atoms with Crippen molar-refractivity contribution in [2.24, 2.45) is 5.92 Å². The summed E-state index contributed by atoms with van der Waals surface area (Å²) in [7, 11) is 0. The van der Waals surface area contributed by atoms with Crippen LogP contribution in [0.15, 0.2) is 0 Å². The summed E-state index contributed by atoms with van der Waals surface area (Å²) in [5.41, 5.74) is 0. The molecule has 1 heterocycles. The van der Waals surface area contributed by atoms with Gasteiger partial charge in [-0.3, -0.25) is 4.79 Å². The minimum atomic E-state index is -0.140. The molecule has 3 unspecified atom stereocenters. The number of rotatable bonds is 5. The number of hydrogen-bond acceptors (Lipinski definition) is 3. The van der Waals surface area contributed by atoms with Gasteiger partial charge in [-0.05, 0) is 51.0 Å². The standard InChI is InChI=1S/C14H26N2O2/c17-13-6-4-11(9-13)10-16-14(18)7-5-12-3-1-2-8-15-12/h11-13,15,17H,1-10H2,(H,16,18). The van der Waals surface area contributed by atoms with Crippen LogP contribution in [0.1, 0.15) is 51.4 Å². The number of carbonyl (C=O) groups is 1. The molecular weight excluding hydrogens is 228 g/mol. The van der Waals surface area contributed by atoms with Gasteiger partial charge in [0.05, 0.1) is 6.10 Å². The summed E-state index contributed by atoms with van der Waals surface area (Å²) in [4.78, 5) is 11.7. The van der Waals surface area contributed by atoms with E-state index in [1.807, 2.05) is 0 Å². The van der Waals surface area contributed by atoms with E-state index in [9.17, 15) is 9.90 Å². The molecule has 1 saturated heterocycles. The summed E-state index contributed by atoms with van der Waals surface area (Å²) >= 11 is 0. The first-order chi connectivity index (χ1) is 8.74. The van der Waals surface area contributed by atoms with E-state index in [1.165, 1.54) is 19.3 Å². The van der Waals surface area contributed by atoms with Gasteiger partial charge < -0.3 is 15.7 Å². The average Bonchev–Trinajstić information content (AvgIpc) is 2.81. The molecule has 104 valence electrons. The first-order valence-electron chi connectivity index (χ1n) is 7.42. The highest BCUT2D eigenvalue weighted by Gasteiger charge is 2.23. The van der Waals surface area contributed by atoms with Crippen LogP contribution in [0, 0.1) is 5.92 Å². The van der Waals surface area contributed by atoms with Crippen LogP contribution in [0.2, 0.25) is 0 Å². The molecule has 1 saturated carbocycles. The molecular formula is C14H26N2O2. The lowest BCUT2D eigenvalue weighted by Gasteiger charge is -2.23. The number of aliphatic hydroxyl groups excluding tert-OH is 1. The summed E-state index contributed by atoms with van der Waals surface area (Å²) in [6.07, 6.45) is 8.02. The second kappa shape index (κ2) is 7.10. The molecule has 0 spiro atoms. The van der Waals surface area contributed by atoms with Gasteiger partial charge in [-0.25, -0.2) is 0 Å². The molecule has 0 aromatic heterocycles. The van der Waals surface area contributed by atoms with Gasteiger partial charge in [0.15, 0.2) is 0 Å². The monoisotopic (exact) mass is 254 g/mol. The Morgan fingerprint density at radius 2 is 2.17 bits per heavy atom. The second-order valence-electron chi connectivity index (χ2n) is 5.82. The van der Waals surface area contributed by atoms with Crippen molar-refractivity contribution in [2.75, 3.05) is 13.1 Å². The molecule has 1 aliphatic carbocycles. The van der Waals surface area contributed by atoms with E-state index >= 15 is 0 Å². The van der Waals surface area contributed by atoms with Gasteiger partial charge in [-0.1, -0.05) is 6.42 Å². The second-order valence-corrected chi connectivity index (χ2v) is 5.82. The minimum Gasteiger partial charge on any atom is -0.393 e. The quantitative estimate of drug-likeness (QED) is 0.690. The van der Waals surface area contributed by atoms with Crippen LogP contribution in [0.25, 0.3) is 0 Å². The summed E-state index contributed by atoms with van der Waals surface area (Å²) in [5.74, 6) is 0.653. The maximum atomic E-state index is 11.7. The fraction of sp³-hybridized carbons (Fsp3) is 0.929. The zero-order valence-corrected chi connectivity index (χ0v) is 11.2. The molecule has 0 aromatic rings.